The predicted octanol–water partition coefficient (Wildman–Crippen LogP) is 4.00. The van der Waals surface area contributed by atoms with Crippen molar-refractivity contribution in [2.45, 2.75) is 40.7 Å². The van der Waals surface area contributed by atoms with Gasteiger partial charge in [0.1, 0.15) is 5.75 Å². The molecule has 0 bridgehead atoms. The van der Waals surface area contributed by atoms with Gasteiger partial charge in [-0.1, -0.05) is 27.7 Å². The van der Waals surface area contributed by atoms with E-state index < -0.39 is 0 Å². The molecule has 2 N–H and O–H groups in total. The van der Waals surface area contributed by atoms with Gasteiger partial charge in [-0.15, -0.1) is 0 Å². The molecule has 1 unspecified atom stereocenters. The Balaban J connectivity index is 3.28. The molecule has 2 nitrogen and oxygen atoms in total. The average molecular weight is 347 g/mol. The highest BCUT2D eigenvalue weighted by atomic mass is 127. The lowest BCUT2D eigenvalue weighted by Gasteiger charge is -2.32. The summed E-state index contributed by atoms with van der Waals surface area (Å²) in [6, 6.07) is 4.24. The first-order valence-electron chi connectivity index (χ1n) is 5.99. The molecule has 0 aliphatic carbocycles. The first kappa shape index (κ1) is 14.8. The van der Waals surface area contributed by atoms with Gasteiger partial charge in [0.2, 0.25) is 0 Å². The van der Waals surface area contributed by atoms with Gasteiger partial charge in [0.05, 0.1) is 0 Å². The Bertz CT molecular complexity index is 396. The van der Waals surface area contributed by atoms with Crippen LogP contribution in [0.3, 0.4) is 0 Å². The summed E-state index contributed by atoms with van der Waals surface area (Å²) < 4.78 is 1.17. The molecule has 1 aromatic carbocycles. The summed E-state index contributed by atoms with van der Waals surface area (Å²) in [4.78, 5) is 0. The molecule has 0 heterocycles. The van der Waals surface area contributed by atoms with Gasteiger partial charge in [0.15, 0.2) is 0 Å². The molecule has 0 aromatic heterocycles. The molecule has 1 rings (SSSR count). The van der Waals surface area contributed by atoms with E-state index in [0.717, 1.165) is 17.7 Å². The van der Waals surface area contributed by atoms with Crippen LogP contribution in [0.1, 0.15) is 44.9 Å². The highest BCUT2D eigenvalue weighted by molar-refractivity contribution is 14.1. The molecule has 0 amide bonds. The van der Waals surface area contributed by atoms with Crippen LogP contribution in [0.4, 0.5) is 0 Å². The summed E-state index contributed by atoms with van der Waals surface area (Å²) in [6.45, 7) is 11.5. The van der Waals surface area contributed by atoms with Gasteiger partial charge in [0, 0.05) is 15.2 Å². The minimum atomic E-state index is 0.0738. The van der Waals surface area contributed by atoms with Crippen molar-refractivity contribution in [1.29, 1.82) is 0 Å². The van der Waals surface area contributed by atoms with E-state index in [1.54, 1.807) is 0 Å². The monoisotopic (exact) mass is 347 g/mol. The van der Waals surface area contributed by atoms with Gasteiger partial charge < -0.3 is 10.4 Å². The summed E-state index contributed by atoms with van der Waals surface area (Å²) in [5.41, 5.74) is 2.02. The Kier molecular flexibility index (Phi) is 4.84. The topological polar surface area (TPSA) is 32.3 Å². The fourth-order valence-electron chi connectivity index (χ4n) is 2.07. The van der Waals surface area contributed by atoms with Crippen molar-refractivity contribution in [3.8, 4) is 5.75 Å². The zero-order chi connectivity index (χ0) is 13.2. The Morgan fingerprint density at radius 2 is 1.94 bits per heavy atom. The quantitative estimate of drug-likeness (QED) is 0.810. The van der Waals surface area contributed by atoms with Crippen LogP contribution in [-0.2, 0) is 0 Å². The lowest BCUT2D eigenvalue weighted by molar-refractivity contribution is 0.269. The maximum Gasteiger partial charge on any atom is 0.123 e. The first-order chi connectivity index (χ1) is 7.77. The molecule has 0 spiro atoms. The number of hydrogen-bond donors (Lipinski definition) is 2. The van der Waals surface area contributed by atoms with E-state index in [1.165, 1.54) is 3.57 Å². The van der Waals surface area contributed by atoms with Crippen LogP contribution in [0.5, 0.6) is 5.75 Å². The normalized spacial score (nSPS) is 13.8. The Morgan fingerprint density at radius 1 is 1.35 bits per heavy atom. The van der Waals surface area contributed by atoms with Crippen molar-refractivity contribution in [1.82, 2.24) is 5.32 Å². The van der Waals surface area contributed by atoms with Crippen molar-refractivity contribution in [2.24, 2.45) is 5.41 Å². The predicted molar refractivity (Wildman–Crippen MR) is 81.4 cm³/mol. The summed E-state index contributed by atoms with van der Waals surface area (Å²) in [7, 11) is 0. The smallest absolute Gasteiger partial charge is 0.123 e. The zero-order valence-electron chi connectivity index (χ0n) is 11.3. The number of aryl methyl sites for hydroxylation is 1. The third-order valence-corrected chi connectivity index (χ3v) is 3.50. The third-order valence-electron chi connectivity index (χ3n) is 2.88. The Morgan fingerprint density at radius 3 is 2.41 bits per heavy atom. The van der Waals surface area contributed by atoms with Gasteiger partial charge in [0.25, 0.3) is 0 Å². The van der Waals surface area contributed by atoms with E-state index in [0.29, 0.717) is 5.75 Å². The van der Waals surface area contributed by atoms with Gasteiger partial charge in [-0.3, -0.25) is 0 Å². The molecule has 0 aliphatic rings. The molecule has 0 radical (unpaired) electrons. The molecule has 1 aromatic rings. The second-order valence-corrected chi connectivity index (χ2v) is 6.76. The number of benzene rings is 1. The van der Waals surface area contributed by atoms with E-state index >= 15 is 0 Å². The van der Waals surface area contributed by atoms with Crippen molar-refractivity contribution in [3.63, 3.8) is 0 Å². The lowest BCUT2D eigenvalue weighted by Crippen LogP contribution is -2.32. The van der Waals surface area contributed by atoms with Crippen molar-refractivity contribution in [2.75, 3.05) is 6.54 Å². The third kappa shape index (κ3) is 3.58. The second-order valence-electron chi connectivity index (χ2n) is 5.52. The fraction of sp³-hybridized carbons (Fsp3) is 0.571. The Hall–Kier alpha value is -0.290. The first-order valence-corrected chi connectivity index (χ1v) is 7.07. The largest absolute Gasteiger partial charge is 0.507 e. The number of halogens is 1. The number of nitrogens with one attached hydrogen (secondary N) is 1. The van der Waals surface area contributed by atoms with Crippen molar-refractivity contribution < 1.29 is 5.11 Å². The van der Waals surface area contributed by atoms with Gasteiger partial charge in [-0.25, -0.2) is 0 Å². The van der Waals surface area contributed by atoms with E-state index in [2.05, 4.69) is 61.7 Å². The molecule has 0 saturated carbocycles. The van der Waals surface area contributed by atoms with E-state index in [-0.39, 0.29) is 11.5 Å². The zero-order valence-corrected chi connectivity index (χ0v) is 13.4. The van der Waals surface area contributed by atoms with Crippen LogP contribution < -0.4 is 5.32 Å². The van der Waals surface area contributed by atoms with E-state index in [9.17, 15) is 5.11 Å². The molecular formula is C14H22INO. The average Bonchev–Trinajstić information content (AvgIpc) is 2.18. The van der Waals surface area contributed by atoms with Crippen LogP contribution in [-0.4, -0.2) is 11.7 Å². The summed E-state index contributed by atoms with van der Waals surface area (Å²) >= 11 is 2.30. The SMILES string of the molecule is CCNC(c1cc(I)cc(C)c1O)C(C)(C)C. The van der Waals surface area contributed by atoms with Crippen molar-refractivity contribution >= 4 is 22.6 Å². The molecule has 0 saturated heterocycles. The minimum Gasteiger partial charge on any atom is -0.507 e. The number of rotatable bonds is 3. The summed E-state index contributed by atoms with van der Waals surface area (Å²) in [5, 5.41) is 13.7. The van der Waals surface area contributed by atoms with Crippen LogP contribution in [0.2, 0.25) is 0 Å². The van der Waals surface area contributed by atoms with Crippen molar-refractivity contribution in [3.05, 3.63) is 26.8 Å². The van der Waals surface area contributed by atoms with Gasteiger partial charge in [-0.05, 0) is 59.2 Å². The van der Waals surface area contributed by atoms with Gasteiger partial charge >= 0.3 is 0 Å². The maximum atomic E-state index is 10.2. The number of hydrogen-bond acceptors (Lipinski definition) is 2. The second kappa shape index (κ2) is 5.57. The molecule has 96 valence electrons. The molecule has 1 atom stereocenters. The summed E-state index contributed by atoms with van der Waals surface area (Å²) in [5.74, 6) is 0.422. The molecule has 0 fully saturated rings. The maximum absolute atomic E-state index is 10.2. The molecular weight excluding hydrogens is 325 g/mol. The molecule has 0 aliphatic heterocycles. The van der Waals surface area contributed by atoms with Gasteiger partial charge in [-0.2, -0.15) is 0 Å². The fourth-order valence-corrected chi connectivity index (χ4v) is 2.87. The minimum absolute atomic E-state index is 0.0738. The van der Waals surface area contributed by atoms with Crippen LogP contribution >= 0.6 is 22.6 Å². The number of aromatic hydroxyl groups is 1. The lowest BCUT2D eigenvalue weighted by atomic mass is 9.81. The van der Waals surface area contributed by atoms with Crippen LogP contribution in [0, 0.1) is 15.9 Å². The van der Waals surface area contributed by atoms with Crippen LogP contribution in [0.15, 0.2) is 12.1 Å². The summed E-state index contributed by atoms with van der Waals surface area (Å²) in [6.07, 6.45) is 0. The van der Waals surface area contributed by atoms with Crippen LogP contribution in [0.25, 0.3) is 0 Å². The van der Waals surface area contributed by atoms with E-state index in [1.807, 2.05) is 13.0 Å². The highest BCUT2D eigenvalue weighted by Gasteiger charge is 2.28. The molecule has 3 heteroatoms. The Labute approximate surface area is 118 Å². The number of phenols is 1. The number of phenolic OH excluding ortho intramolecular Hbond substituents is 1. The molecule has 17 heavy (non-hydrogen) atoms. The standard InChI is InChI=1S/C14H22INO/c1-6-16-13(14(3,4)5)11-8-10(15)7-9(2)12(11)17/h7-8,13,16-17H,6H2,1-5H3. The van der Waals surface area contributed by atoms with E-state index in [4.69, 9.17) is 0 Å². The highest BCUT2D eigenvalue weighted by Crippen LogP contribution is 2.39.